The minimum absolute atomic E-state index is 0.286. The van der Waals surface area contributed by atoms with Gasteiger partial charge in [0, 0.05) is 6.92 Å². The molecule has 0 atom stereocenters. The number of allylic oxidation sites excluding steroid dienone is 2. The van der Waals surface area contributed by atoms with Crippen LogP contribution in [0.25, 0.3) is 0 Å². The molecule has 0 heterocycles. The number of nitrogens with zero attached hydrogens (tertiary/aromatic N) is 2. The summed E-state index contributed by atoms with van der Waals surface area (Å²) in [5, 5.41) is 15.6. The number of aliphatic hydroxyl groups is 1. The predicted octanol–water partition coefficient (Wildman–Crippen LogP) is 4.00. The van der Waals surface area contributed by atoms with Crippen molar-refractivity contribution in [2.75, 3.05) is 0 Å². The highest BCUT2D eigenvalue weighted by molar-refractivity contribution is 5.93. The van der Waals surface area contributed by atoms with E-state index in [1.54, 1.807) is 25.1 Å². The van der Waals surface area contributed by atoms with Gasteiger partial charge in [0.05, 0.1) is 5.69 Å². The van der Waals surface area contributed by atoms with Crippen molar-refractivity contribution in [2.45, 2.75) is 20.0 Å². The molecule has 0 saturated heterocycles. The number of alkyl halides is 3. The predicted molar refractivity (Wildman–Crippen MR) is 62.1 cm³/mol. The summed E-state index contributed by atoms with van der Waals surface area (Å²) in [5.74, 6) is -3.07. The van der Waals surface area contributed by atoms with Crippen LogP contribution in [0, 0.1) is 6.92 Å². The van der Waals surface area contributed by atoms with Crippen LogP contribution in [0.15, 0.2) is 46.0 Å². The summed E-state index contributed by atoms with van der Waals surface area (Å²) in [6.45, 7) is 2.64. The van der Waals surface area contributed by atoms with E-state index in [-0.39, 0.29) is 5.69 Å². The van der Waals surface area contributed by atoms with E-state index in [0.29, 0.717) is 0 Å². The zero-order chi connectivity index (χ0) is 14.6. The Labute approximate surface area is 107 Å². The number of hydrogen-bond donors (Lipinski definition) is 1. The summed E-state index contributed by atoms with van der Waals surface area (Å²) < 4.78 is 36.9. The van der Waals surface area contributed by atoms with Crippen molar-refractivity contribution in [3.63, 3.8) is 0 Å². The number of aryl methyl sites for hydroxylation is 1. The first-order chi connectivity index (χ1) is 8.71. The number of carbonyl (C=O) groups is 1. The van der Waals surface area contributed by atoms with Crippen LogP contribution in [0.1, 0.15) is 12.5 Å². The first kappa shape index (κ1) is 14.9. The summed E-state index contributed by atoms with van der Waals surface area (Å²) in [4.78, 5) is 11.0. The van der Waals surface area contributed by atoms with Gasteiger partial charge in [0.1, 0.15) is 0 Å². The van der Waals surface area contributed by atoms with Crippen molar-refractivity contribution >= 4 is 11.5 Å². The fourth-order valence-electron chi connectivity index (χ4n) is 1.22. The molecule has 1 N–H and O–H groups in total. The maximum atomic E-state index is 12.3. The number of hydrogen-bond acceptors (Lipinski definition) is 4. The Morgan fingerprint density at radius 2 is 1.95 bits per heavy atom. The van der Waals surface area contributed by atoms with Crippen LogP contribution in [0.4, 0.5) is 18.9 Å². The summed E-state index contributed by atoms with van der Waals surface area (Å²) in [6, 6.07) is 6.50. The quantitative estimate of drug-likeness (QED) is 0.513. The monoisotopic (exact) mass is 272 g/mol. The second-order valence-corrected chi connectivity index (χ2v) is 3.79. The van der Waals surface area contributed by atoms with Gasteiger partial charge in [-0.1, -0.05) is 12.1 Å². The molecule has 0 aliphatic heterocycles. The lowest BCUT2D eigenvalue weighted by Gasteiger charge is -2.06. The molecule has 4 nitrogen and oxygen atoms in total. The van der Waals surface area contributed by atoms with Crippen LogP contribution in [0.3, 0.4) is 0 Å². The van der Waals surface area contributed by atoms with Gasteiger partial charge in [-0.05, 0) is 24.6 Å². The average molecular weight is 272 g/mol. The molecule has 0 fully saturated rings. The van der Waals surface area contributed by atoms with Crippen molar-refractivity contribution in [3.8, 4) is 0 Å². The molecule has 102 valence electrons. The fourth-order valence-corrected chi connectivity index (χ4v) is 1.22. The molecule has 0 radical (unpaired) electrons. The van der Waals surface area contributed by atoms with Crippen LogP contribution >= 0.6 is 0 Å². The van der Waals surface area contributed by atoms with Crippen LogP contribution in [-0.2, 0) is 4.79 Å². The zero-order valence-corrected chi connectivity index (χ0v) is 10.2. The Morgan fingerprint density at radius 3 is 2.42 bits per heavy atom. The van der Waals surface area contributed by atoms with Crippen LogP contribution in [0.5, 0.6) is 0 Å². The summed E-state index contributed by atoms with van der Waals surface area (Å²) in [6.07, 6.45) is -5.04. The van der Waals surface area contributed by atoms with Gasteiger partial charge in [-0.3, -0.25) is 4.79 Å². The van der Waals surface area contributed by atoms with E-state index in [4.69, 9.17) is 5.11 Å². The maximum absolute atomic E-state index is 12.3. The number of azo groups is 1. The van der Waals surface area contributed by atoms with Crippen molar-refractivity contribution in [2.24, 2.45) is 10.2 Å². The number of benzene rings is 1. The second kappa shape index (κ2) is 5.64. The third kappa shape index (κ3) is 4.20. The molecule has 0 aliphatic rings. The average Bonchev–Trinajstić information content (AvgIpc) is 2.27. The van der Waals surface area contributed by atoms with E-state index in [1.807, 2.05) is 0 Å². The van der Waals surface area contributed by atoms with E-state index >= 15 is 0 Å². The molecule has 0 unspecified atom stereocenters. The lowest BCUT2D eigenvalue weighted by molar-refractivity contribution is -0.126. The number of ketones is 1. The fraction of sp³-hybridized carbons (Fsp3) is 0.250. The summed E-state index contributed by atoms with van der Waals surface area (Å²) in [5.41, 5.74) is 0.00702. The highest BCUT2D eigenvalue weighted by atomic mass is 19.4. The Hall–Kier alpha value is -2.18. The summed E-state index contributed by atoms with van der Waals surface area (Å²) >= 11 is 0. The largest absolute Gasteiger partial charge is 0.503 e. The lowest BCUT2D eigenvalue weighted by Crippen LogP contribution is -2.16. The van der Waals surface area contributed by atoms with Gasteiger partial charge < -0.3 is 5.11 Å². The topological polar surface area (TPSA) is 62.0 Å². The first-order valence-corrected chi connectivity index (χ1v) is 5.21. The molecular formula is C12H11F3N2O2. The smallest absolute Gasteiger partial charge is 0.451 e. The number of Topliss-reactive ketones (excluding diaryl/α,β-unsaturated/α-hetero) is 1. The number of halogens is 3. The van der Waals surface area contributed by atoms with Crippen molar-refractivity contribution < 1.29 is 23.1 Å². The normalized spacial score (nSPS) is 13.5. The van der Waals surface area contributed by atoms with E-state index in [9.17, 15) is 18.0 Å². The van der Waals surface area contributed by atoms with Crippen LogP contribution in [0.2, 0.25) is 0 Å². The first-order valence-electron chi connectivity index (χ1n) is 5.21. The maximum Gasteiger partial charge on any atom is 0.451 e. The number of aliphatic hydroxyl groups excluding tert-OH is 1. The van der Waals surface area contributed by atoms with Gasteiger partial charge >= 0.3 is 6.18 Å². The van der Waals surface area contributed by atoms with E-state index in [1.165, 1.54) is 6.07 Å². The molecule has 0 bridgehead atoms. The molecular weight excluding hydrogens is 261 g/mol. The van der Waals surface area contributed by atoms with Gasteiger partial charge in [-0.25, -0.2) is 0 Å². The van der Waals surface area contributed by atoms with Gasteiger partial charge in [0.25, 0.3) is 0 Å². The molecule has 1 aromatic rings. The molecule has 0 aromatic heterocycles. The van der Waals surface area contributed by atoms with Gasteiger partial charge in [-0.15, -0.1) is 5.11 Å². The van der Waals surface area contributed by atoms with Gasteiger partial charge in [0.15, 0.2) is 11.5 Å². The zero-order valence-electron chi connectivity index (χ0n) is 10.2. The van der Waals surface area contributed by atoms with Crippen molar-refractivity contribution in [1.29, 1.82) is 0 Å². The molecule has 19 heavy (non-hydrogen) atoms. The Morgan fingerprint density at radius 1 is 1.32 bits per heavy atom. The van der Waals surface area contributed by atoms with Crippen molar-refractivity contribution in [1.82, 2.24) is 0 Å². The summed E-state index contributed by atoms with van der Waals surface area (Å²) in [7, 11) is 0. The molecule has 0 saturated carbocycles. The SMILES string of the molecule is CC(=O)/C(N=Nc1cccc(C)c1)=C(\O)C(F)(F)F. The number of rotatable bonds is 3. The van der Waals surface area contributed by atoms with Gasteiger partial charge in [0.2, 0.25) is 5.76 Å². The third-order valence-electron chi connectivity index (χ3n) is 2.09. The Bertz CT molecular complexity index is 548. The Kier molecular flexibility index (Phi) is 4.42. The van der Waals surface area contributed by atoms with Crippen molar-refractivity contribution in [3.05, 3.63) is 41.3 Å². The number of carbonyl (C=O) groups excluding carboxylic acids is 1. The highest BCUT2D eigenvalue weighted by Crippen LogP contribution is 2.27. The van der Waals surface area contributed by atoms with E-state index in [0.717, 1.165) is 12.5 Å². The van der Waals surface area contributed by atoms with Crippen LogP contribution < -0.4 is 0 Å². The molecule has 0 aliphatic carbocycles. The van der Waals surface area contributed by atoms with Gasteiger partial charge in [-0.2, -0.15) is 18.3 Å². The van der Waals surface area contributed by atoms with E-state index in [2.05, 4.69) is 10.2 Å². The van der Waals surface area contributed by atoms with Crippen LogP contribution in [-0.4, -0.2) is 17.1 Å². The lowest BCUT2D eigenvalue weighted by atomic mass is 10.2. The minimum Gasteiger partial charge on any atom is -0.503 e. The third-order valence-corrected chi connectivity index (χ3v) is 2.09. The second-order valence-electron chi connectivity index (χ2n) is 3.79. The molecule has 1 aromatic carbocycles. The molecule has 0 spiro atoms. The highest BCUT2D eigenvalue weighted by Gasteiger charge is 2.38. The molecule has 0 amide bonds. The molecule has 1 rings (SSSR count). The minimum atomic E-state index is -5.04. The standard InChI is InChI=1S/C12H11F3N2O2/c1-7-4-3-5-9(6-7)16-17-10(8(2)18)11(19)12(13,14)15/h3-6,19H,1-2H3/b11-10+,17-16?. The Balaban J connectivity index is 3.15. The molecule has 7 heteroatoms. The van der Waals surface area contributed by atoms with E-state index < -0.39 is 23.4 Å².